The lowest BCUT2D eigenvalue weighted by atomic mass is 10.1. The molecule has 0 aliphatic heterocycles. The lowest BCUT2D eigenvalue weighted by Crippen LogP contribution is -2.21. The van der Waals surface area contributed by atoms with Crippen molar-refractivity contribution < 1.29 is 23.5 Å². The molecule has 2 amide bonds. The van der Waals surface area contributed by atoms with Crippen molar-refractivity contribution >= 4 is 40.2 Å². The molecular formula is C19H22N2O5S. The van der Waals surface area contributed by atoms with Crippen molar-refractivity contribution in [3.8, 4) is 0 Å². The number of nitrogens with zero attached hydrogens (tertiary/aromatic N) is 1. The first-order valence-electron chi connectivity index (χ1n) is 8.32. The van der Waals surface area contributed by atoms with Gasteiger partial charge < -0.3 is 19.4 Å². The molecule has 0 aliphatic carbocycles. The molecule has 0 atom stereocenters. The van der Waals surface area contributed by atoms with Crippen LogP contribution >= 0.6 is 11.3 Å². The zero-order chi connectivity index (χ0) is 20.1. The first kappa shape index (κ1) is 20.4. The summed E-state index contributed by atoms with van der Waals surface area (Å²) in [5.41, 5.74) is 0.681. The van der Waals surface area contributed by atoms with E-state index in [2.05, 4.69) is 5.32 Å². The van der Waals surface area contributed by atoms with Gasteiger partial charge in [0.2, 0.25) is 5.91 Å². The molecule has 144 valence electrons. The number of nitrogens with one attached hydrogen (secondary N) is 1. The zero-order valence-electron chi connectivity index (χ0n) is 15.9. The largest absolute Gasteiger partial charge is 0.462 e. The second-order valence-electron chi connectivity index (χ2n) is 5.95. The molecule has 0 fully saturated rings. The summed E-state index contributed by atoms with van der Waals surface area (Å²) in [7, 11) is 3.25. The Bertz CT molecular complexity index is 892. The summed E-state index contributed by atoms with van der Waals surface area (Å²) in [6.07, 6.45) is 2.83. The third-order valence-corrected chi connectivity index (χ3v) is 4.82. The Labute approximate surface area is 161 Å². The number of carbonyl (C=O) groups excluding carboxylic acids is 3. The van der Waals surface area contributed by atoms with Gasteiger partial charge in [-0.05, 0) is 44.5 Å². The third-order valence-electron chi connectivity index (χ3n) is 3.62. The van der Waals surface area contributed by atoms with Gasteiger partial charge in [-0.2, -0.15) is 0 Å². The molecule has 0 unspecified atom stereocenters. The van der Waals surface area contributed by atoms with Crippen LogP contribution in [0.1, 0.15) is 44.0 Å². The number of anilines is 1. The number of ether oxygens (including phenoxy) is 1. The van der Waals surface area contributed by atoms with Gasteiger partial charge in [0, 0.05) is 20.2 Å². The van der Waals surface area contributed by atoms with Crippen LogP contribution in [-0.2, 0) is 9.53 Å². The fourth-order valence-corrected chi connectivity index (χ4v) is 3.53. The Morgan fingerprint density at radius 3 is 2.52 bits per heavy atom. The molecule has 0 saturated carbocycles. The molecule has 0 aromatic carbocycles. The fraction of sp³-hybridized carbons (Fsp3) is 0.316. The average Bonchev–Trinajstić information content (AvgIpc) is 3.15. The van der Waals surface area contributed by atoms with Crippen LogP contribution in [0.15, 0.2) is 22.6 Å². The highest BCUT2D eigenvalue weighted by molar-refractivity contribution is 7.18. The second-order valence-corrected chi connectivity index (χ2v) is 6.97. The third kappa shape index (κ3) is 4.85. The number of rotatable bonds is 6. The highest BCUT2D eigenvalue weighted by Crippen LogP contribution is 2.34. The van der Waals surface area contributed by atoms with E-state index in [4.69, 9.17) is 9.15 Å². The van der Waals surface area contributed by atoms with Gasteiger partial charge in [0.05, 0.1) is 17.0 Å². The topological polar surface area (TPSA) is 88.8 Å². The highest BCUT2D eigenvalue weighted by atomic mass is 32.1. The van der Waals surface area contributed by atoms with Gasteiger partial charge in [0.1, 0.15) is 16.5 Å². The van der Waals surface area contributed by atoms with Crippen molar-refractivity contribution in [2.75, 3.05) is 26.0 Å². The Balaban J connectivity index is 2.31. The van der Waals surface area contributed by atoms with E-state index in [0.717, 1.165) is 17.1 Å². The van der Waals surface area contributed by atoms with Crippen molar-refractivity contribution in [2.24, 2.45) is 0 Å². The maximum atomic E-state index is 12.4. The Morgan fingerprint density at radius 1 is 1.26 bits per heavy atom. The molecular weight excluding hydrogens is 368 g/mol. The molecule has 0 bridgehead atoms. The number of amides is 2. The first-order chi connectivity index (χ1) is 12.7. The molecule has 0 radical (unpaired) electrons. The lowest BCUT2D eigenvalue weighted by Gasteiger charge is -2.09. The van der Waals surface area contributed by atoms with Crippen molar-refractivity contribution in [3.05, 3.63) is 45.7 Å². The molecule has 1 N–H and O–H groups in total. The quantitative estimate of drug-likeness (QED) is 0.602. The monoisotopic (exact) mass is 390 g/mol. The Morgan fingerprint density at radius 2 is 1.96 bits per heavy atom. The van der Waals surface area contributed by atoms with E-state index in [1.807, 2.05) is 0 Å². The second kappa shape index (κ2) is 8.68. The summed E-state index contributed by atoms with van der Waals surface area (Å²) in [4.78, 5) is 38.7. The number of carbonyl (C=O) groups is 3. The summed E-state index contributed by atoms with van der Waals surface area (Å²) in [5.74, 6) is 0.00864. The maximum absolute atomic E-state index is 12.4. The lowest BCUT2D eigenvalue weighted by molar-refractivity contribution is -0.111. The van der Waals surface area contributed by atoms with Crippen LogP contribution in [-0.4, -0.2) is 43.4 Å². The minimum atomic E-state index is -0.579. The van der Waals surface area contributed by atoms with Crippen molar-refractivity contribution in [2.45, 2.75) is 20.8 Å². The summed E-state index contributed by atoms with van der Waals surface area (Å²) in [6, 6.07) is 3.53. The Kier molecular flexibility index (Phi) is 6.57. The number of aryl methyl sites for hydroxylation is 1. The van der Waals surface area contributed by atoms with Crippen LogP contribution in [0.25, 0.3) is 6.08 Å². The van der Waals surface area contributed by atoms with Crippen LogP contribution in [0.5, 0.6) is 0 Å². The number of furan rings is 1. The first-order valence-corrected chi connectivity index (χ1v) is 9.13. The molecule has 7 nitrogen and oxygen atoms in total. The summed E-state index contributed by atoms with van der Waals surface area (Å²) in [6.45, 7) is 5.35. The van der Waals surface area contributed by atoms with E-state index in [-0.39, 0.29) is 23.1 Å². The SMILES string of the molecule is CCOC(=O)c1c(NC(=O)C=Cc2ccc(C)o2)sc(C(=O)N(C)C)c1C. The molecule has 2 heterocycles. The van der Waals surface area contributed by atoms with Gasteiger partial charge in [0.25, 0.3) is 5.91 Å². The molecule has 8 heteroatoms. The standard InChI is InChI=1S/C19H22N2O5S/c1-6-25-19(24)15-12(3)16(18(23)21(4)5)27-17(15)20-14(22)10-9-13-8-7-11(2)26-13/h7-10H,6H2,1-5H3,(H,20,22). The van der Waals surface area contributed by atoms with Crippen molar-refractivity contribution in [3.63, 3.8) is 0 Å². The van der Waals surface area contributed by atoms with Gasteiger partial charge in [-0.15, -0.1) is 11.3 Å². The van der Waals surface area contributed by atoms with E-state index in [1.54, 1.807) is 47.0 Å². The molecule has 27 heavy (non-hydrogen) atoms. The van der Waals surface area contributed by atoms with Gasteiger partial charge in [-0.1, -0.05) is 0 Å². The number of thiophene rings is 1. The van der Waals surface area contributed by atoms with Gasteiger partial charge >= 0.3 is 5.97 Å². The van der Waals surface area contributed by atoms with Crippen LogP contribution in [0.2, 0.25) is 0 Å². The minimum absolute atomic E-state index is 0.191. The fourth-order valence-electron chi connectivity index (χ4n) is 2.31. The number of hydrogen-bond acceptors (Lipinski definition) is 6. The predicted molar refractivity (Wildman–Crippen MR) is 104 cm³/mol. The van der Waals surface area contributed by atoms with Gasteiger partial charge in [-0.25, -0.2) is 4.79 Å². The van der Waals surface area contributed by atoms with E-state index in [9.17, 15) is 14.4 Å². The molecule has 0 aliphatic rings. The summed E-state index contributed by atoms with van der Waals surface area (Å²) in [5, 5.41) is 2.94. The van der Waals surface area contributed by atoms with E-state index >= 15 is 0 Å². The van der Waals surface area contributed by atoms with Crippen LogP contribution in [0, 0.1) is 13.8 Å². The average molecular weight is 390 g/mol. The molecule has 2 aromatic heterocycles. The minimum Gasteiger partial charge on any atom is -0.462 e. The van der Waals surface area contributed by atoms with E-state index in [1.165, 1.54) is 17.1 Å². The molecule has 2 rings (SSSR count). The highest BCUT2D eigenvalue weighted by Gasteiger charge is 2.27. The number of hydrogen-bond donors (Lipinski definition) is 1. The molecule has 0 saturated heterocycles. The predicted octanol–water partition coefficient (Wildman–Crippen LogP) is 3.49. The van der Waals surface area contributed by atoms with Crippen LogP contribution < -0.4 is 5.32 Å². The van der Waals surface area contributed by atoms with E-state index in [0.29, 0.717) is 16.2 Å². The summed E-state index contributed by atoms with van der Waals surface area (Å²) < 4.78 is 10.4. The number of esters is 1. The van der Waals surface area contributed by atoms with E-state index < -0.39 is 11.9 Å². The smallest absolute Gasteiger partial charge is 0.341 e. The van der Waals surface area contributed by atoms with Crippen molar-refractivity contribution in [1.82, 2.24) is 4.90 Å². The van der Waals surface area contributed by atoms with Crippen LogP contribution in [0.3, 0.4) is 0 Å². The zero-order valence-corrected chi connectivity index (χ0v) is 16.7. The molecule has 0 spiro atoms. The molecule has 2 aromatic rings. The Hall–Kier alpha value is -2.87. The van der Waals surface area contributed by atoms with Crippen LogP contribution in [0.4, 0.5) is 5.00 Å². The van der Waals surface area contributed by atoms with Gasteiger partial charge in [0.15, 0.2) is 0 Å². The maximum Gasteiger partial charge on any atom is 0.341 e. The van der Waals surface area contributed by atoms with Crippen molar-refractivity contribution in [1.29, 1.82) is 0 Å². The summed E-state index contributed by atoms with van der Waals surface area (Å²) >= 11 is 1.05. The normalized spacial score (nSPS) is 10.9. The van der Waals surface area contributed by atoms with Gasteiger partial charge in [-0.3, -0.25) is 9.59 Å².